The van der Waals surface area contributed by atoms with Crippen LogP contribution in [0, 0.1) is 0 Å². The fraction of sp³-hybridized carbons (Fsp3) is 0. The van der Waals surface area contributed by atoms with Gasteiger partial charge in [-0.15, -0.1) is 0 Å². The standard InChI is InChI=1S/C7H4BrClN2/c8-6-3-11-4-10-2-5(11)1-7(6)9/h1-4H. The molecule has 0 bridgehead atoms. The minimum atomic E-state index is 0.706. The molecule has 0 spiro atoms. The summed E-state index contributed by atoms with van der Waals surface area (Å²) < 4.78 is 2.78. The Bertz CT molecular complexity index is 360. The Hall–Kier alpha value is -0.540. The molecule has 4 heteroatoms. The van der Waals surface area contributed by atoms with Crippen LogP contribution in [0.5, 0.6) is 0 Å². The van der Waals surface area contributed by atoms with E-state index in [1.807, 2.05) is 16.7 Å². The number of pyridine rings is 1. The summed E-state index contributed by atoms with van der Waals surface area (Å²) in [5.74, 6) is 0. The molecule has 0 aliphatic heterocycles. The molecule has 0 fully saturated rings. The molecule has 0 aromatic carbocycles. The Labute approximate surface area is 76.9 Å². The fourth-order valence-corrected chi connectivity index (χ4v) is 1.41. The van der Waals surface area contributed by atoms with Crippen LogP contribution >= 0.6 is 27.5 Å². The Balaban J connectivity index is 2.86. The zero-order valence-corrected chi connectivity index (χ0v) is 7.80. The van der Waals surface area contributed by atoms with Gasteiger partial charge in [-0.2, -0.15) is 0 Å². The van der Waals surface area contributed by atoms with Gasteiger partial charge in [-0.3, -0.25) is 0 Å². The number of aromatic nitrogens is 2. The Morgan fingerprint density at radius 1 is 1.55 bits per heavy atom. The third-order valence-electron chi connectivity index (χ3n) is 1.45. The van der Waals surface area contributed by atoms with E-state index in [-0.39, 0.29) is 0 Å². The van der Waals surface area contributed by atoms with Crippen molar-refractivity contribution in [3.8, 4) is 0 Å². The first-order valence-electron chi connectivity index (χ1n) is 3.04. The molecule has 11 heavy (non-hydrogen) atoms. The van der Waals surface area contributed by atoms with Gasteiger partial charge in [0.15, 0.2) is 0 Å². The van der Waals surface area contributed by atoms with Crippen molar-refractivity contribution in [2.24, 2.45) is 0 Å². The fourth-order valence-electron chi connectivity index (χ4n) is 0.917. The van der Waals surface area contributed by atoms with E-state index >= 15 is 0 Å². The smallest absolute Gasteiger partial charge is 0.0992 e. The molecule has 0 aliphatic carbocycles. The number of fused-ring (bicyclic) bond motifs is 1. The predicted octanol–water partition coefficient (Wildman–Crippen LogP) is 2.75. The average Bonchev–Trinajstić information content (AvgIpc) is 2.36. The lowest BCUT2D eigenvalue weighted by atomic mass is 10.4. The van der Waals surface area contributed by atoms with Crippen molar-refractivity contribution in [3.05, 3.63) is 34.3 Å². The van der Waals surface area contributed by atoms with E-state index in [4.69, 9.17) is 11.6 Å². The predicted molar refractivity (Wildman–Crippen MR) is 47.9 cm³/mol. The molecule has 2 aromatic heterocycles. The highest BCUT2D eigenvalue weighted by molar-refractivity contribution is 9.10. The van der Waals surface area contributed by atoms with Crippen LogP contribution in [-0.4, -0.2) is 9.38 Å². The lowest BCUT2D eigenvalue weighted by molar-refractivity contribution is 1.15. The molecule has 2 nitrogen and oxygen atoms in total. The van der Waals surface area contributed by atoms with E-state index in [9.17, 15) is 0 Å². The molecule has 0 saturated heterocycles. The van der Waals surface area contributed by atoms with Crippen molar-refractivity contribution in [3.63, 3.8) is 0 Å². The van der Waals surface area contributed by atoms with Crippen LogP contribution in [0.3, 0.4) is 0 Å². The van der Waals surface area contributed by atoms with Crippen LogP contribution in [0.1, 0.15) is 0 Å². The summed E-state index contributed by atoms with van der Waals surface area (Å²) in [5.41, 5.74) is 0.998. The number of rotatable bonds is 0. The van der Waals surface area contributed by atoms with Gasteiger partial charge in [0, 0.05) is 6.20 Å². The van der Waals surface area contributed by atoms with Gasteiger partial charge in [0.05, 0.1) is 27.5 Å². The zero-order chi connectivity index (χ0) is 7.84. The molecular weight excluding hydrogens is 227 g/mol. The van der Waals surface area contributed by atoms with E-state index in [1.165, 1.54) is 0 Å². The highest BCUT2D eigenvalue weighted by atomic mass is 79.9. The Morgan fingerprint density at radius 3 is 3.18 bits per heavy atom. The SMILES string of the molecule is Clc1cc2cncn2cc1Br. The Morgan fingerprint density at radius 2 is 2.36 bits per heavy atom. The summed E-state index contributed by atoms with van der Waals surface area (Å²) in [5, 5.41) is 0.706. The molecule has 0 radical (unpaired) electrons. The topological polar surface area (TPSA) is 17.3 Å². The summed E-state index contributed by atoms with van der Waals surface area (Å²) in [6.45, 7) is 0. The summed E-state index contributed by atoms with van der Waals surface area (Å²) in [6, 6.07) is 1.86. The van der Waals surface area contributed by atoms with Gasteiger partial charge in [0.25, 0.3) is 0 Å². The normalized spacial score (nSPS) is 10.7. The highest BCUT2D eigenvalue weighted by Crippen LogP contribution is 2.23. The first-order valence-corrected chi connectivity index (χ1v) is 4.21. The van der Waals surface area contributed by atoms with Gasteiger partial charge >= 0.3 is 0 Å². The van der Waals surface area contributed by atoms with Gasteiger partial charge < -0.3 is 4.40 Å². The third kappa shape index (κ3) is 1.14. The monoisotopic (exact) mass is 230 g/mol. The highest BCUT2D eigenvalue weighted by Gasteiger charge is 1.98. The maximum absolute atomic E-state index is 5.86. The number of halogens is 2. The quantitative estimate of drug-likeness (QED) is 0.681. The van der Waals surface area contributed by atoms with Crippen LogP contribution < -0.4 is 0 Å². The van der Waals surface area contributed by atoms with E-state index < -0.39 is 0 Å². The maximum atomic E-state index is 5.86. The second-order valence-electron chi connectivity index (χ2n) is 2.20. The summed E-state index contributed by atoms with van der Waals surface area (Å²) in [4.78, 5) is 3.97. The second-order valence-corrected chi connectivity index (χ2v) is 3.46. The molecular formula is C7H4BrClN2. The van der Waals surface area contributed by atoms with Gasteiger partial charge in [0.2, 0.25) is 0 Å². The molecule has 0 unspecified atom stereocenters. The summed E-state index contributed by atoms with van der Waals surface area (Å²) >= 11 is 9.18. The molecule has 2 heterocycles. The van der Waals surface area contributed by atoms with Crippen LogP contribution in [0.15, 0.2) is 29.3 Å². The zero-order valence-electron chi connectivity index (χ0n) is 5.46. The van der Waals surface area contributed by atoms with Crippen LogP contribution in [0.25, 0.3) is 5.52 Å². The van der Waals surface area contributed by atoms with Crippen molar-refractivity contribution in [1.29, 1.82) is 0 Å². The summed E-state index contributed by atoms with van der Waals surface area (Å²) in [6.07, 6.45) is 5.37. The molecule has 2 rings (SSSR count). The Kier molecular flexibility index (Phi) is 1.62. The van der Waals surface area contributed by atoms with Crippen LogP contribution in [0.4, 0.5) is 0 Å². The first-order chi connectivity index (χ1) is 5.27. The number of nitrogens with zero attached hydrogens (tertiary/aromatic N) is 2. The van der Waals surface area contributed by atoms with E-state index in [0.29, 0.717) is 5.02 Å². The van der Waals surface area contributed by atoms with E-state index in [0.717, 1.165) is 9.99 Å². The molecule has 0 saturated carbocycles. The van der Waals surface area contributed by atoms with Crippen molar-refractivity contribution in [2.45, 2.75) is 0 Å². The van der Waals surface area contributed by atoms with Crippen LogP contribution in [-0.2, 0) is 0 Å². The van der Waals surface area contributed by atoms with Gasteiger partial charge in [-0.05, 0) is 22.0 Å². The lowest BCUT2D eigenvalue weighted by Crippen LogP contribution is -1.81. The molecule has 0 N–H and O–H groups in total. The number of hydrogen-bond acceptors (Lipinski definition) is 1. The molecule has 0 aliphatic rings. The minimum Gasteiger partial charge on any atom is -0.305 e. The average molecular weight is 231 g/mol. The molecule has 0 amide bonds. The van der Waals surface area contributed by atoms with Crippen molar-refractivity contribution in [2.75, 3.05) is 0 Å². The van der Waals surface area contributed by atoms with Gasteiger partial charge in [0.1, 0.15) is 0 Å². The maximum Gasteiger partial charge on any atom is 0.0992 e. The van der Waals surface area contributed by atoms with Crippen LogP contribution in [0.2, 0.25) is 5.02 Å². The second kappa shape index (κ2) is 2.50. The largest absolute Gasteiger partial charge is 0.305 e. The lowest BCUT2D eigenvalue weighted by Gasteiger charge is -1.96. The molecule has 2 aromatic rings. The van der Waals surface area contributed by atoms with Crippen molar-refractivity contribution in [1.82, 2.24) is 9.38 Å². The third-order valence-corrected chi connectivity index (χ3v) is 2.62. The van der Waals surface area contributed by atoms with Gasteiger partial charge in [-0.1, -0.05) is 11.6 Å². The molecule has 56 valence electrons. The number of imidazole rings is 1. The van der Waals surface area contributed by atoms with E-state index in [1.54, 1.807) is 12.5 Å². The van der Waals surface area contributed by atoms with Crippen molar-refractivity contribution < 1.29 is 0 Å². The summed E-state index contributed by atoms with van der Waals surface area (Å²) in [7, 11) is 0. The minimum absolute atomic E-state index is 0.706. The van der Waals surface area contributed by atoms with Gasteiger partial charge in [-0.25, -0.2) is 4.98 Å². The number of hydrogen-bond donors (Lipinski definition) is 0. The first kappa shape index (κ1) is 7.13. The van der Waals surface area contributed by atoms with E-state index in [2.05, 4.69) is 20.9 Å². The van der Waals surface area contributed by atoms with Crippen molar-refractivity contribution >= 4 is 33.0 Å². The molecule has 0 atom stereocenters.